The Balaban J connectivity index is 0.00000507. The third kappa shape index (κ3) is 7.33. The molecule has 3 rings (SSSR count). The minimum atomic E-state index is -3.60. The fourth-order valence-electron chi connectivity index (χ4n) is 4.40. The largest absolute Gasteiger partial charge is 0.302 e. The summed E-state index contributed by atoms with van der Waals surface area (Å²) in [6, 6.07) is 10.5. The smallest absolute Gasteiger partial charge is 0.260 e. The lowest BCUT2D eigenvalue weighted by molar-refractivity contribution is 0.0983. The first-order valence-corrected chi connectivity index (χ1v) is 15.4. The molecule has 0 unspecified atom stereocenters. The van der Waals surface area contributed by atoms with Crippen LogP contribution in [-0.4, -0.2) is 67.8 Å². The number of aryl methyl sites for hydroxylation is 2. The average molecular weight is 581 g/mol. The van der Waals surface area contributed by atoms with E-state index in [0.717, 1.165) is 53.8 Å². The summed E-state index contributed by atoms with van der Waals surface area (Å²) in [6.07, 6.45) is 1.74. The Labute approximate surface area is 238 Å². The molecule has 7 nitrogen and oxygen atoms in total. The van der Waals surface area contributed by atoms with Crippen LogP contribution in [0.1, 0.15) is 62.0 Å². The van der Waals surface area contributed by atoms with E-state index >= 15 is 0 Å². The van der Waals surface area contributed by atoms with Crippen LogP contribution in [0.5, 0.6) is 0 Å². The number of likely N-dealkylation sites (N-methyl/N-ethyl adjacent to an activating group) is 1. The fourth-order valence-corrected chi connectivity index (χ4v) is 6.93. The average Bonchev–Trinajstić information content (AvgIpc) is 3.31. The molecule has 0 bridgehead atoms. The van der Waals surface area contributed by atoms with Crippen molar-refractivity contribution in [1.29, 1.82) is 0 Å². The van der Waals surface area contributed by atoms with E-state index in [4.69, 9.17) is 4.98 Å². The number of aromatic nitrogens is 1. The molecule has 0 aliphatic heterocycles. The number of amides is 1. The quantitative estimate of drug-likeness (QED) is 0.243. The van der Waals surface area contributed by atoms with E-state index < -0.39 is 10.0 Å². The number of hydrogen-bond donors (Lipinski definition) is 0. The number of carbonyl (C=O) groups is 1. The summed E-state index contributed by atoms with van der Waals surface area (Å²) in [6.45, 7) is 16.2. The number of hydrogen-bond acceptors (Lipinski definition) is 6. The van der Waals surface area contributed by atoms with Gasteiger partial charge in [-0.25, -0.2) is 13.4 Å². The molecule has 38 heavy (non-hydrogen) atoms. The Morgan fingerprint density at radius 2 is 1.58 bits per heavy atom. The Morgan fingerprint density at radius 3 is 2.16 bits per heavy atom. The highest BCUT2D eigenvalue weighted by Crippen LogP contribution is 2.33. The fraction of sp³-hybridized carbons (Fsp3) is 0.500. The molecule has 210 valence electrons. The number of unbranched alkanes of at least 4 members (excludes halogenated alkanes) is 1. The number of nitrogens with zero attached hydrogens (tertiary/aromatic N) is 4. The normalized spacial score (nSPS) is 11.8. The molecule has 1 heterocycles. The van der Waals surface area contributed by atoms with Gasteiger partial charge in [0.1, 0.15) is 0 Å². The number of thiazole rings is 1. The zero-order chi connectivity index (χ0) is 27.2. The van der Waals surface area contributed by atoms with Gasteiger partial charge in [0.05, 0.1) is 15.1 Å². The third-order valence-corrected chi connectivity index (χ3v) is 9.89. The van der Waals surface area contributed by atoms with E-state index in [0.29, 0.717) is 30.3 Å². The van der Waals surface area contributed by atoms with Gasteiger partial charge in [0.2, 0.25) is 10.0 Å². The van der Waals surface area contributed by atoms with Crippen molar-refractivity contribution in [2.75, 3.05) is 44.2 Å². The molecular formula is C28H41ClN4O3S2. The summed E-state index contributed by atoms with van der Waals surface area (Å²) in [5.41, 5.74) is 3.63. The molecule has 10 heteroatoms. The zero-order valence-electron chi connectivity index (χ0n) is 23.4. The first kappa shape index (κ1) is 32.2. The molecule has 1 amide bonds. The molecule has 0 saturated heterocycles. The van der Waals surface area contributed by atoms with Crippen molar-refractivity contribution in [2.24, 2.45) is 0 Å². The van der Waals surface area contributed by atoms with Crippen molar-refractivity contribution in [3.05, 3.63) is 53.1 Å². The van der Waals surface area contributed by atoms with Crippen molar-refractivity contribution in [2.45, 2.75) is 59.3 Å². The van der Waals surface area contributed by atoms with Crippen LogP contribution in [0.2, 0.25) is 0 Å². The van der Waals surface area contributed by atoms with Gasteiger partial charge in [0.15, 0.2) is 5.13 Å². The summed E-state index contributed by atoms with van der Waals surface area (Å²) in [7, 11) is -3.60. The maximum atomic E-state index is 13.8. The van der Waals surface area contributed by atoms with Crippen LogP contribution >= 0.6 is 23.7 Å². The number of rotatable bonds is 13. The number of sulfonamides is 1. The molecule has 3 aromatic rings. The molecule has 0 spiro atoms. The summed E-state index contributed by atoms with van der Waals surface area (Å²) >= 11 is 1.53. The molecule has 0 atom stereocenters. The number of benzene rings is 2. The highest BCUT2D eigenvalue weighted by Gasteiger charge is 2.25. The minimum Gasteiger partial charge on any atom is -0.302 e. The predicted octanol–water partition coefficient (Wildman–Crippen LogP) is 6.13. The number of halogens is 1. The van der Waals surface area contributed by atoms with Crippen molar-refractivity contribution in [3.8, 4) is 0 Å². The van der Waals surface area contributed by atoms with E-state index in [-0.39, 0.29) is 23.2 Å². The van der Waals surface area contributed by atoms with Crippen LogP contribution in [0.25, 0.3) is 10.2 Å². The van der Waals surface area contributed by atoms with E-state index in [1.165, 1.54) is 15.6 Å². The second kappa shape index (κ2) is 14.4. The topological polar surface area (TPSA) is 73.8 Å². The lowest BCUT2D eigenvalue weighted by Crippen LogP contribution is -2.39. The van der Waals surface area contributed by atoms with Gasteiger partial charge in [-0.05, 0) is 74.8 Å². The van der Waals surface area contributed by atoms with Gasteiger partial charge in [-0.1, -0.05) is 51.5 Å². The lowest BCUT2D eigenvalue weighted by atomic mass is 10.1. The van der Waals surface area contributed by atoms with Crippen molar-refractivity contribution < 1.29 is 13.2 Å². The second-order valence-corrected chi connectivity index (χ2v) is 12.2. The van der Waals surface area contributed by atoms with E-state index in [9.17, 15) is 13.2 Å². The van der Waals surface area contributed by atoms with Gasteiger partial charge in [0.25, 0.3) is 5.91 Å². The number of fused-ring (bicyclic) bond motifs is 1. The maximum Gasteiger partial charge on any atom is 0.260 e. The summed E-state index contributed by atoms with van der Waals surface area (Å²) in [4.78, 5) is 22.8. The number of anilines is 1. The van der Waals surface area contributed by atoms with Crippen LogP contribution in [0.3, 0.4) is 0 Å². The Hall–Kier alpha value is -2.04. The van der Waals surface area contributed by atoms with Crippen molar-refractivity contribution in [1.82, 2.24) is 14.2 Å². The summed E-state index contributed by atoms with van der Waals surface area (Å²) < 4.78 is 28.8. The van der Waals surface area contributed by atoms with Gasteiger partial charge in [0, 0.05) is 31.7 Å². The second-order valence-electron chi connectivity index (χ2n) is 9.28. The van der Waals surface area contributed by atoms with Crippen LogP contribution < -0.4 is 4.90 Å². The Morgan fingerprint density at radius 1 is 0.921 bits per heavy atom. The van der Waals surface area contributed by atoms with Gasteiger partial charge in [-0.3, -0.25) is 9.69 Å². The number of carbonyl (C=O) groups excluding carboxylic acids is 1. The first-order valence-electron chi connectivity index (χ1n) is 13.2. The first-order chi connectivity index (χ1) is 17.7. The maximum absolute atomic E-state index is 13.8. The van der Waals surface area contributed by atoms with Crippen LogP contribution in [-0.2, 0) is 10.0 Å². The Kier molecular flexibility index (Phi) is 12.2. The monoisotopic (exact) mass is 580 g/mol. The van der Waals surface area contributed by atoms with E-state index in [1.54, 1.807) is 29.2 Å². The minimum absolute atomic E-state index is 0. The zero-order valence-corrected chi connectivity index (χ0v) is 25.8. The predicted molar refractivity (Wildman–Crippen MR) is 162 cm³/mol. The van der Waals surface area contributed by atoms with Crippen LogP contribution in [0.15, 0.2) is 41.3 Å². The molecule has 2 aromatic carbocycles. The van der Waals surface area contributed by atoms with Crippen LogP contribution in [0.4, 0.5) is 5.13 Å². The molecule has 0 saturated carbocycles. The Bertz CT molecular complexity index is 1310. The SMILES string of the molecule is CCCCN(CC)S(=O)(=O)c1ccc(C(=O)N(CCN(CC)CC)c2nc3cc(C)cc(C)c3s2)cc1.Cl. The molecule has 0 radical (unpaired) electrons. The summed E-state index contributed by atoms with van der Waals surface area (Å²) in [5, 5.41) is 0.661. The van der Waals surface area contributed by atoms with E-state index in [1.807, 2.05) is 26.8 Å². The highest BCUT2D eigenvalue weighted by atomic mass is 35.5. The molecule has 0 aliphatic carbocycles. The van der Waals surface area contributed by atoms with Gasteiger partial charge >= 0.3 is 0 Å². The van der Waals surface area contributed by atoms with Crippen LogP contribution in [0, 0.1) is 13.8 Å². The summed E-state index contributed by atoms with van der Waals surface area (Å²) in [5.74, 6) is -0.178. The highest BCUT2D eigenvalue weighted by molar-refractivity contribution is 7.89. The molecule has 0 aliphatic rings. The molecular weight excluding hydrogens is 540 g/mol. The molecule has 0 N–H and O–H groups in total. The lowest BCUT2D eigenvalue weighted by Gasteiger charge is -2.25. The van der Waals surface area contributed by atoms with Crippen molar-refractivity contribution >= 4 is 55.0 Å². The molecule has 0 fully saturated rings. The van der Waals surface area contributed by atoms with Gasteiger partial charge in [-0.2, -0.15) is 4.31 Å². The van der Waals surface area contributed by atoms with Gasteiger partial charge < -0.3 is 4.90 Å². The standard InChI is InChI=1S/C28H40N4O3S2.ClH/c1-7-11-16-31(10-4)37(34,35)24-14-12-23(13-15-24)27(33)32(18-17-30(8-2)9-3)28-29-25-20-21(5)19-22(6)26(25)36-28;/h12-15,19-20H,7-11,16-18H2,1-6H3;1H. The third-order valence-electron chi connectivity index (χ3n) is 6.67. The van der Waals surface area contributed by atoms with E-state index in [2.05, 4.69) is 31.7 Å². The molecule has 1 aromatic heterocycles. The van der Waals surface area contributed by atoms with Crippen molar-refractivity contribution in [3.63, 3.8) is 0 Å². The van der Waals surface area contributed by atoms with Gasteiger partial charge in [-0.15, -0.1) is 12.4 Å².